The number of nitrogens with two attached hydrogens (primary N) is 1. The number of carbonyl (C=O) groups is 3. The van der Waals surface area contributed by atoms with Crippen LogP contribution >= 0.6 is 11.8 Å². The summed E-state index contributed by atoms with van der Waals surface area (Å²) in [5, 5.41) is 10.2. The van der Waals surface area contributed by atoms with Gasteiger partial charge in [0.1, 0.15) is 11.6 Å². The minimum absolute atomic E-state index is 0.149. The van der Waals surface area contributed by atoms with Gasteiger partial charge in [0.25, 0.3) is 5.24 Å². The molecule has 0 saturated carbocycles. The normalized spacial score (nSPS) is 12.6. The first-order valence-electron chi connectivity index (χ1n) is 4.76. The average molecular weight is 264 g/mol. The number of primary amides is 1. The van der Waals surface area contributed by atoms with Gasteiger partial charge in [0, 0.05) is 5.75 Å². The molecule has 0 aromatic carbocycles. The largest absolute Gasteiger partial charge is 0.480 e. The molecule has 0 aliphatic carbocycles. The van der Waals surface area contributed by atoms with E-state index >= 15 is 0 Å². The Kier molecular flexibility index (Phi) is 5.80. The number of hydrogen-bond acceptors (Lipinski definition) is 5. The molecule has 0 saturated heterocycles. The van der Waals surface area contributed by atoms with E-state index in [2.05, 4.69) is 5.32 Å². The molecule has 0 radical (unpaired) electrons. The van der Waals surface area contributed by atoms with Gasteiger partial charge in [-0.2, -0.15) is 0 Å². The van der Waals surface area contributed by atoms with Gasteiger partial charge in [-0.15, -0.1) is 0 Å². The van der Waals surface area contributed by atoms with E-state index in [1.807, 2.05) is 0 Å². The third-order valence-corrected chi connectivity index (χ3v) is 2.17. The van der Waals surface area contributed by atoms with Crippen LogP contribution in [-0.2, 0) is 9.53 Å². The van der Waals surface area contributed by atoms with E-state index in [-0.39, 0.29) is 5.75 Å². The number of rotatable bonds is 4. The second kappa shape index (κ2) is 6.33. The zero-order chi connectivity index (χ0) is 13.6. The van der Waals surface area contributed by atoms with Crippen LogP contribution in [0.2, 0.25) is 0 Å². The fourth-order valence-corrected chi connectivity index (χ4v) is 1.35. The highest BCUT2D eigenvalue weighted by atomic mass is 32.2. The van der Waals surface area contributed by atoms with E-state index in [1.54, 1.807) is 20.8 Å². The molecule has 0 aliphatic heterocycles. The SMILES string of the molecule is CC(C)(C)OC(=O)N[C@H](CSC(N)=O)C(=O)O. The van der Waals surface area contributed by atoms with Gasteiger partial charge in [0.15, 0.2) is 0 Å². The van der Waals surface area contributed by atoms with Crippen LogP contribution in [0.4, 0.5) is 9.59 Å². The molecule has 0 spiro atoms. The third-order valence-electron chi connectivity index (χ3n) is 1.38. The Labute approximate surface area is 103 Å². The zero-order valence-corrected chi connectivity index (χ0v) is 10.7. The highest BCUT2D eigenvalue weighted by molar-refractivity contribution is 8.13. The Morgan fingerprint density at radius 2 is 1.94 bits per heavy atom. The first-order valence-corrected chi connectivity index (χ1v) is 5.75. The molecule has 0 heterocycles. The summed E-state index contributed by atoms with van der Waals surface area (Å²) < 4.78 is 4.89. The van der Waals surface area contributed by atoms with Crippen molar-refractivity contribution in [3.05, 3.63) is 0 Å². The second-order valence-corrected chi connectivity index (χ2v) is 5.19. The molecule has 7 nitrogen and oxygen atoms in total. The van der Waals surface area contributed by atoms with Crippen LogP contribution in [-0.4, -0.2) is 39.8 Å². The van der Waals surface area contributed by atoms with Crippen LogP contribution in [0.25, 0.3) is 0 Å². The van der Waals surface area contributed by atoms with E-state index < -0.39 is 28.9 Å². The number of thioether (sulfide) groups is 1. The number of nitrogens with one attached hydrogen (secondary N) is 1. The predicted octanol–water partition coefficient (Wildman–Crippen LogP) is 0.776. The molecule has 1 atom stereocenters. The van der Waals surface area contributed by atoms with Crippen LogP contribution in [0.15, 0.2) is 0 Å². The molecule has 17 heavy (non-hydrogen) atoms. The third kappa shape index (κ3) is 8.38. The van der Waals surface area contributed by atoms with Gasteiger partial charge >= 0.3 is 12.1 Å². The van der Waals surface area contributed by atoms with Gasteiger partial charge < -0.3 is 20.9 Å². The maximum Gasteiger partial charge on any atom is 0.408 e. The van der Waals surface area contributed by atoms with Crippen LogP contribution < -0.4 is 11.1 Å². The van der Waals surface area contributed by atoms with E-state index in [1.165, 1.54) is 0 Å². The van der Waals surface area contributed by atoms with Crippen molar-refractivity contribution >= 4 is 29.1 Å². The van der Waals surface area contributed by atoms with Crippen molar-refractivity contribution in [3.8, 4) is 0 Å². The molecule has 0 bridgehead atoms. The Hall–Kier alpha value is -1.44. The summed E-state index contributed by atoms with van der Waals surface area (Å²) in [4.78, 5) is 32.6. The molecular weight excluding hydrogens is 248 g/mol. The van der Waals surface area contributed by atoms with E-state index in [4.69, 9.17) is 15.6 Å². The summed E-state index contributed by atoms with van der Waals surface area (Å²) in [6.07, 6.45) is -0.852. The van der Waals surface area contributed by atoms with Crippen molar-refractivity contribution in [2.45, 2.75) is 32.4 Å². The number of carboxylic acid groups (broad SMARTS) is 1. The molecule has 0 aromatic rings. The smallest absolute Gasteiger partial charge is 0.408 e. The lowest BCUT2D eigenvalue weighted by Gasteiger charge is -2.21. The Morgan fingerprint density at radius 1 is 1.41 bits per heavy atom. The van der Waals surface area contributed by atoms with Gasteiger partial charge in [-0.25, -0.2) is 9.59 Å². The highest BCUT2D eigenvalue weighted by Gasteiger charge is 2.24. The summed E-state index contributed by atoms with van der Waals surface area (Å²) in [6, 6.07) is -1.22. The quantitative estimate of drug-likeness (QED) is 0.690. The number of hydrogen-bond donors (Lipinski definition) is 3. The van der Waals surface area contributed by atoms with Gasteiger partial charge in [0.2, 0.25) is 0 Å². The van der Waals surface area contributed by atoms with E-state index in [0.29, 0.717) is 11.8 Å². The predicted molar refractivity (Wildman–Crippen MR) is 62.8 cm³/mol. The number of ether oxygens (including phenoxy) is 1. The van der Waals surface area contributed by atoms with Gasteiger partial charge in [-0.3, -0.25) is 4.79 Å². The lowest BCUT2D eigenvalue weighted by molar-refractivity contribution is -0.138. The number of carboxylic acids is 1. The van der Waals surface area contributed by atoms with Crippen molar-refractivity contribution in [2.75, 3.05) is 5.75 Å². The number of aliphatic carboxylic acids is 1. The molecule has 0 aromatic heterocycles. The molecule has 0 rings (SSSR count). The first kappa shape index (κ1) is 15.6. The van der Waals surface area contributed by atoms with Crippen molar-refractivity contribution in [1.82, 2.24) is 5.32 Å². The van der Waals surface area contributed by atoms with Crippen molar-refractivity contribution < 1.29 is 24.2 Å². The van der Waals surface area contributed by atoms with Gasteiger partial charge in [0.05, 0.1) is 0 Å². The molecule has 8 heteroatoms. The monoisotopic (exact) mass is 264 g/mol. The number of amides is 2. The standard InChI is InChI=1S/C9H16N2O5S/c1-9(2,3)16-8(15)11-5(6(12)13)4-17-7(10)14/h5H,4H2,1-3H3,(H2,10,14)(H,11,15)(H,12,13)/t5-/m1/s1. The van der Waals surface area contributed by atoms with Crippen LogP contribution in [0.3, 0.4) is 0 Å². The second-order valence-electron chi connectivity index (χ2n) is 4.17. The Morgan fingerprint density at radius 3 is 2.29 bits per heavy atom. The van der Waals surface area contributed by atoms with Crippen molar-refractivity contribution in [3.63, 3.8) is 0 Å². The fourth-order valence-electron chi connectivity index (χ4n) is 0.790. The minimum atomic E-state index is -1.26. The molecule has 4 N–H and O–H groups in total. The minimum Gasteiger partial charge on any atom is -0.480 e. The topological polar surface area (TPSA) is 119 Å². The Balaban J connectivity index is 4.30. The summed E-state index contributed by atoms with van der Waals surface area (Å²) in [5.41, 5.74) is 4.14. The molecule has 0 unspecified atom stereocenters. The molecular formula is C9H16N2O5S. The lowest BCUT2D eigenvalue weighted by Crippen LogP contribution is -2.45. The average Bonchev–Trinajstić information content (AvgIpc) is 2.08. The van der Waals surface area contributed by atoms with Gasteiger partial charge in [-0.05, 0) is 20.8 Å². The fraction of sp³-hybridized carbons (Fsp3) is 0.667. The van der Waals surface area contributed by atoms with E-state index in [0.717, 1.165) is 0 Å². The van der Waals surface area contributed by atoms with Crippen LogP contribution in [0.1, 0.15) is 20.8 Å². The summed E-state index contributed by atoms with van der Waals surface area (Å²) in [5.74, 6) is -1.41. The summed E-state index contributed by atoms with van der Waals surface area (Å²) in [7, 11) is 0. The summed E-state index contributed by atoms with van der Waals surface area (Å²) in [6.45, 7) is 4.96. The summed E-state index contributed by atoms with van der Waals surface area (Å²) >= 11 is 0.615. The highest BCUT2D eigenvalue weighted by Crippen LogP contribution is 2.08. The van der Waals surface area contributed by atoms with Crippen molar-refractivity contribution in [2.24, 2.45) is 5.73 Å². The molecule has 0 aliphatic rings. The molecule has 0 fully saturated rings. The van der Waals surface area contributed by atoms with Gasteiger partial charge in [-0.1, -0.05) is 11.8 Å². The number of carbonyl (C=O) groups excluding carboxylic acids is 2. The lowest BCUT2D eigenvalue weighted by atomic mass is 10.2. The van der Waals surface area contributed by atoms with Crippen molar-refractivity contribution in [1.29, 1.82) is 0 Å². The number of alkyl carbamates (subject to hydrolysis) is 1. The van der Waals surface area contributed by atoms with Crippen LogP contribution in [0.5, 0.6) is 0 Å². The zero-order valence-electron chi connectivity index (χ0n) is 9.85. The Bertz CT molecular complexity index is 313. The van der Waals surface area contributed by atoms with Crippen LogP contribution in [0, 0.1) is 0 Å². The van der Waals surface area contributed by atoms with E-state index in [9.17, 15) is 14.4 Å². The maximum atomic E-state index is 11.3. The first-order chi connectivity index (χ1) is 7.61. The maximum absolute atomic E-state index is 11.3. The molecule has 98 valence electrons. The molecule has 2 amide bonds.